The van der Waals surface area contributed by atoms with Crippen molar-refractivity contribution in [1.82, 2.24) is 9.97 Å². The third-order valence-corrected chi connectivity index (χ3v) is 5.54. The number of nitrogens with one attached hydrogen (secondary N) is 2. The Morgan fingerprint density at radius 2 is 1.93 bits per heavy atom. The number of aromatic amines is 2. The molecule has 4 nitrogen and oxygen atoms in total. The number of ether oxygens (including phenoxy) is 1. The highest BCUT2D eigenvalue weighted by Gasteiger charge is 2.17. The third kappa shape index (κ3) is 2.99. The van der Waals surface area contributed by atoms with E-state index in [-0.39, 0.29) is 11.5 Å². The summed E-state index contributed by atoms with van der Waals surface area (Å²) in [6, 6.07) is 12.1. The Morgan fingerprint density at radius 3 is 2.64 bits per heavy atom. The fourth-order valence-corrected chi connectivity index (χ4v) is 3.72. The van der Waals surface area contributed by atoms with Gasteiger partial charge in [0.05, 0.1) is 22.9 Å². The van der Waals surface area contributed by atoms with Crippen molar-refractivity contribution in [1.29, 1.82) is 0 Å². The van der Waals surface area contributed by atoms with Gasteiger partial charge >= 0.3 is 0 Å². The van der Waals surface area contributed by atoms with E-state index in [0.717, 1.165) is 51.8 Å². The number of hydrogen-bond acceptors (Lipinski definition) is 2. The van der Waals surface area contributed by atoms with Gasteiger partial charge < -0.3 is 14.7 Å². The molecule has 4 aromatic rings. The molecular formula is C24H26N2O2. The number of para-hydroxylation sites is 1. The van der Waals surface area contributed by atoms with Gasteiger partial charge in [0.15, 0.2) is 5.43 Å². The Balaban J connectivity index is 1.91. The molecule has 0 spiro atoms. The summed E-state index contributed by atoms with van der Waals surface area (Å²) in [4.78, 5) is 20.1. The summed E-state index contributed by atoms with van der Waals surface area (Å²) in [6.45, 7) is 8.31. The van der Waals surface area contributed by atoms with Crippen LogP contribution in [0.4, 0.5) is 0 Å². The number of aromatic nitrogens is 2. The zero-order valence-corrected chi connectivity index (χ0v) is 16.8. The second-order valence-corrected chi connectivity index (χ2v) is 7.40. The summed E-state index contributed by atoms with van der Waals surface area (Å²) in [7, 11) is 0. The summed E-state index contributed by atoms with van der Waals surface area (Å²) < 4.78 is 6.19. The number of H-pyrrole nitrogens is 2. The van der Waals surface area contributed by atoms with E-state index in [0.29, 0.717) is 10.9 Å². The molecule has 0 amide bonds. The highest BCUT2D eigenvalue weighted by molar-refractivity contribution is 5.91. The van der Waals surface area contributed by atoms with Gasteiger partial charge in [0.25, 0.3) is 0 Å². The second kappa shape index (κ2) is 7.19. The van der Waals surface area contributed by atoms with E-state index in [1.807, 2.05) is 43.3 Å². The normalized spacial score (nSPS) is 12.6. The lowest BCUT2D eigenvalue weighted by atomic mass is 10.00. The molecule has 4 rings (SSSR count). The van der Waals surface area contributed by atoms with Gasteiger partial charge in [0, 0.05) is 28.0 Å². The number of benzene rings is 2. The van der Waals surface area contributed by atoms with E-state index >= 15 is 0 Å². The minimum atomic E-state index is 0.0354. The van der Waals surface area contributed by atoms with Crippen LogP contribution in [0.25, 0.3) is 33.1 Å². The maximum atomic E-state index is 13.3. The monoisotopic (exact) mass is 374 g/mol. The van der Waals surface area contributed by atoms with Crippen LogP contribution in [0.2, 0.25) is 0 Å². The molecule has 0 fully saturated rings. The Labute approximate surface area is 164 Å². The molecule has 28 heavy (non-hydrogen) atoms. The fourth-order valence-electron chi connectivity index (χ4n) is 3.72. The number of rotatable bonds is 5. The van der Waals surface area contributed by atoms with Gasteiger partial charge in [-0.05, 0) is 50.5 Å². The largest absolute Gasteiger partial charge is 0.490 e. The zero-order chi connectivity index (χ0) is 19.8. The lowest BCUT2D eigenvalue weighted by Gasteiger charge is -2.19. The van der Waals surface area contributed by atoms with Crippen molar-refractivity contribution < 1.29 is 4.74 Å². The standard InChI is InChI=1S/C24H26N2O2/c1-5-14(3)28-24-15(4)22-18(11-16(24)6-2)23(27)19(13-25-22)21-12-17-9-7-8-10-20(17)26-21/h7-14,26H,5-6H2,1-4H3,(H,25,27). The number of fused-ring (bicyclic) bond motifs is 2. The molecule has 144 valence electrons. The highest BCUT2D eigenvalue weighted by atomic mass is 16.5. The van der Waals surface area contributed by atoms with Crippen molar-refractivity contribution in [2.75, 3.05) is 0 Å². The molecule has 0 aliphatic rings. The van der Waals surface area contributed by atoms with Crippen molar-refractivity contribution in [2.24, 2.45) is 0 Å². The molecule has 2 aromatic carbocycles. The zero-order valence-electron chi connectivity index (χ0n) is 16.8. The van der Waals surface area contributed by atoms with E-state index in [9.17, 15) is 4.79 Å². The van der Waals surface area contributed by atoms with Crippen molar-refractivity contribution in [3.63, 3.8) is 0 Å². The van der Waals surface area contributed by atoms with Gasteiger partial charge in [-0.25, -0.2) is 0 Å². The SMILES string of the molecule is CCc1cc2c(=O)c(-c3cc4ccccc4[nH]3)c[nH]c2c(C)c1OC(C)CC. The first-order valence-corrected chi connectivity index (χ1v) is 9.96. The van der Waals surface area contributed by atoms with E-state index in [1.54, 1.807) is 6.20 Å². The number of hydrogen-bond donors (Lipinski definition) is 2. The molecule has 1 atom stereocenters. The van der Waals surface area contributed by atoms with E-state index in [4.69, 9.17) is 4.74 Å². The first-order valence-electron chi connectivity index (χ1n) is 9.96. The molecular weight excluding hydrogens is 348 g/mol. The molecule has 0 radical (unpaired) electrons. The van der Waals surface area contributed by atoms with Gasteiger partial charge in [-0.15, -0.1) is 0 Å². The smallest absolute Gasteiger partial charge is 0.198 e. The van der Waals surface area contributed by atoms with Crippen LogP contribution >= 0.6 is 0 Å². The first kappa shape index (κ1) is 18.4. The van der Waals surface area contributed by atoms with Crippen LogP contribution in [0.1, 0.15) is 38.3 Å². The topological polar surface area (TPSA) is 57.9 Å². The number of aryl methyl sites for hydroxylation is 2. The fraction of sp³-hybridized carbons (Fsp3) is 0.292. The van der Waals surface area contributed by atoms with Crippen LogP contribution in [0, 0.1) is 6.92 Å². The first-order chi connectivity index (χ1) is 13.5. The lowest BCUT2D eigenvalue weighted by Crippen LogP contribution is -2.14. The van der Waals surface area contributed by atoms with Crippen molar-refractivity contribution in [2.45, 2.75) is 46.6 Å². The van der Waals surface area contributed by atoms with Crippen molar-refractivity contribution in [3.8, 4) is 17.0 Å². The minimum Gasteiger partial charge on any atom is -0.490 e. The Hall–Kier alpha value is -3.01. The van der Waals surface area contributed by atoms with Crippen molar-refractivity contribution in [3.05, 3.63) is 63.9 Å². The van der Waals surface area contributed by atoms with E-state index in [2.05, 4.69) is 30.7 Å². The maximum Gasteiger partial charge on any atom is 0.198 e. The Bertz CT molecular complexity index is 1180. The number of pyridine rings is 1. The molecule has 0 bridgehead atoms. The molecule has 2 heterocycles. The van der Waals surface area contributed by atoms with Gasteiger partial charge in [-0.1, -0.05) is 32.0 Å². The molecule has 0 aliphatic heterocycles. The third-order valence-electron chi connectivity index (χ3n) is 5.54. The summed E-state index contributed by atoms with van der Waals surface area (Å²) >= 11 is 0. The van der Waals surface area contributed by atoms with E-state index < -0.39 is 0 Å². The van der Waals surface area contributed by atoms with Crippen LogP contribution in [0.15, 0.2) is 47.4 Å². The molecule has 0 saturated heterocycles. The van der Waals surface area contributed by atoms with Gasteiger partial charge in [-0.2, -0.15) is 0 Å². The van der Waals surface area contributed by atoms with E-state index in [1.165, 1.54) is 0 Å². The van der Waals surface area contributed by atoms with Gasteiger partial charge in [0.2, 0.25) is 0 Å². The van der Waals surface area contributed by atoms with Crippen LogP contribution in [-0.2, 0) is 6.42 Å². The second-order valence-electron chi connectivity index (χ2n) is 7.40. The Kier molecular flexibility index (Phi) is 4.71. The van der Waals surface area contributed by atoms with Crippen LogP contribution in [-0.4, -0.2) is 16.1 Å². The Morgan fingerprint density at radius 1 is 1.14 bits per heavy atom. The predicted molar refractivity (Wildman–Crippen MR) is 116 cm³/mol. The average Bonchev–Trinajstić information content (AvgIpc) is 3.14. The molecule has 1 unspecified atom stereocenters. The van der Waals surface area contributed by atoms with Crippen LogP contribution in [0.3, 0.4) is 0 Å². The molecule has 0 aliphatic carbocycles. The lowest BCUT2D eigenvalue weighted by molar-refractivity contribution is 0.214. The molecule has 0 saturated carbocycles. The maximum absolute atomic E-state index is 13.3. The molecule has 2 aromatic heterocycles. The average molecular weight is 374 g/mol. The summed E-state index contributed by atoms with van der Waals surface area (Å²) in [6.07, 6.45) is 3.70. The summed E-state index contributed by atoms with van der Waals surface area (Å²) in [5, 5.41) is 1.81. The predicted octanol–water partition coefficient (Wildman–Crippen LogP) is 5.72. The highest BCUT2D eigenvalue weighted by Crippen LogP contribution is 2.32. The molecule has 2 N–H and O–H groups in total. The van der Waals surface area contributed by atoms with Crippen molar-refractivity contribution >= 4 is 21.8 Å². The van der Waals surface area contributed by atoms with Gasteiger partial charge in [-0.3, -0.25) is 4.79 Å². The quantitative estimate of drug-likeness (QED) is 0.469. The van der Waals surface area contributed by atoms with Crippen LogP contribution in [0.5, 0.6) is 5.75 Å². The summed E-state index contributed by atoms with van der Waals surface area (Å²) in [5.74, 6) is 0.901. The molecule has 4 heteroatoms. The minimum absolute atomic E-state index is 0.0354. The van der Waals surface area contributed by atoms with Crippen LogP contribution < -0.4 is 10.2 Å². The summed E-state index contributed by atoms with van der Waals surface area (Å²) in [5.41, 5.74) is 5.47. The van der Waals surface area contributed by atoms with Gasteiger partial charge in [0.1, 0.15) is 5.75 Å².